The maximum atomic E-state index is 11.4. The molecule has 0 saturated heterocycles. The number of carbonyl (C=O) groups is 1. The third-order valence-corrected chi connectivity index (χ3v) is 7.19. The van der Waals surface area contributed by atoms with Gasteiger partial charge in [0.1, 0.15) is 25.2 Å². The molecule has 0 amide bonds. The zero-order valence-corrected chi connectivity index (χ0v) is 23.2. The molecular weight excluding hydrogens is 492 g/mol. The zero-order valence-electron chi connectivity index (χ0n) is 23.2. The molecule has 1 heterocycles. The van der Waals surface area contributed by atoms with Crippen molar-refractivity contribution in [3.8, 4) is 5.75 Å². The molecule has 1 aliphatic heterocycles. The van der Waals surface area contributed by atoms with Crippen LogP contribution in [0.1, 0.15) is 49.4 Å². The van der Waals surface area contributed by atoms with Gasteiger partial charge in [0.25, 0.3) is 0 Å². The summed E-state index contributed by atoms with van der Waals surface area (Å²) < 4.78 is 11.4. The molecule has 1 atom stereocenters. The fraction of sp³-hybridized carbons (Fsp3) is 0.375. The van der Waals surface area contributed by atoms with Crippen LogP contribution in [0.5, 0.6) is 5.75 Å². The Morgan fingerprint density at radius 3 is 2.46 bits per heavy atom. The first kappa shape index (κ1) is 28.2. The number of ether oxygens (including phenoxy) is 2. The van der Waals surface area contributed by atoms with Crippen LogP contribution in [0.15, 0.2) is 78.0 Å². The first-order valence-corrected chi connectivity index (χ1v) is 13.4. The lowest BCUT2D eigenvalue weighted by atomic mass is 9.76. The molecule has 1 N–H and O–H groups in total. The van der Waals surface area contributed by atoms with Crippen LogP contribution in [0.3, 0.4) is 0 Å². The van der Waals surface area contributed by atoms with Crippen molar-refractivity contribution < 1.29 is 24.2 Å². The van der Waals surface area contributed by atoms with E-state index in [1.807, 2.05) is 54.6 Å². The van der Waals surface area contributed by atoms with Crippen LogP contribution in [-0.2, 0) is 26.2 Å². The van der Waals surface area contributed by atoms with Gasteiger partial charge in [0.05, 0.1) is 6.54 Å². The minimum atomic E-state index is -0.948. The number of hydrogen-bond donors (Lipinski definition) is 1. The monoisotopic (exact) mass is 530 g/mol. The van der Waals surface area contributed by atoms with Crippen molar-refractivity contribution in [1.29, 1.82) is 0 Å². The fourth-order valence-electron chi connectivity index (χ4n) is 4.99. The molecule has 0 fully saturated rings. The molecule has 0 spiro atoms. The quantitative estimate of drug-likeness (QED) is 0.240. The van der Waals surface area contributed by atoms with Gasteiger partial charge in [0.2, 0.25) is 0 Å². The summed E-state index contributed by atoms with van der Waals surface area (Å²) in [7, 11) is 1.58. The van der Waals surface area contributed by atoms with E-state index in [2.05, 4.69) is 42.1 Å². The fourth-order valence-corrected chi connectivity index (χ4v) is 4.99. The van der Waals surface area contributed by atoms with E-state index in [9.17, 15) is 9.90 Å². The number of fused-ring (bicyclic) bond motifs is 1. The van der Waals surface area contributed by atoms with Gasteiger partial charge in [-0.3, -0.25) is 0 Å². The van der Waals surface area contributed by atoms with Crippen molar-refractivity contribution in [3.05, 3.63) is 95.1 Å². The first-order chi connectivity index (χ1) is 18.8. The number of benzene rings is 3. The van der Waals surface area contributed by atoms with Crippen LogP contribution in [0, 0.1) is 0 Å². The predicted molar refractivity (Wildman–Crippen MR) is 154 cm³/mol. The van der Waals surface area contributed by atoms with E-state index < -0.39 is 12.1 Å². The molecule has 1 unspecified atom stereocenters. The number of nitrogens with zero attached hydrogens (tertiary/aromatic N) is 2. The second-order valence-electron chi connectivity index (χ2n) is 10.3. The summed E-state index contributed by atoms with van der Waals surface area (Å²) in [4.78, 5) is 18.9. The Bertz CT molecular complexity index is 1270. The lowest BCUT2D eigenvalue weighted by Gasteiger charge is -2.40. The number of rotatable bonds is 12. The Hall–Kier alpha value is -3.84. The van der Waals surface area contributed by atoms with Gasteiger partial charge in [-0.05, 0) is 54.2 Å². The molecule has 0 radical (unpaired) electrons. The highest BCUT2D eigenvalue weighted by Gasteiger charge is 2.32. The number of carboxylic acids is 1. The van der Waals surface area contributed by atoms with Gasteiger partial charge < -0.3 is 24.3 Å². The maximum Gasteiger partial charge on any atom is 0.333 e. The summed E-state index contributed by atoms with van der Waals surface area (Å²) in [6.07, 6.45) is 0.521. The molecule has 3 aromatic rings. The van der Waals surface area contributed by atoms with Crippen molar-refractivity contribution >= 4 is 17.4 Å². The van der Waals surface area contributed by atoms with Gasteiger partial charge in [-0.2, -0.15) is 0 Å². The smallest absolute Gasteiger partial charge is 0.333 e. The van der Waals surface area contributed by atoms with Crippen LogP contribution in [-0.4, -0.2) is 56.3 Å². The van der Waals surface area contributed by atoms with Crippen LogP contribution in [0.4, 0.5) is 5.69 Å². The highest BCUT2D eigenvalue weighted by Crippen LogP contribution is 2.40. The largest absolute Gasteiger partial charge is 0.492 e. The van der Waals surface area contributed by atoms with E-state index in [-0.39, 0.29) is 5.41 Å². The molecule has 0 bridgehead atoms. The summed E-state index contributed by atoms with van der Waals surface area (Å²) in [5.41, 5.74) is 6.30. The molecule has 3 aromatic carbocycles. The van der Waals surface area contributed by atoms with E-state index in [1.54, 1.807) is 14.0 Å². The average Bonchev–Trinajstić information content (AvgIpc) is 2.94. The Balaban J connectivity index is 1.44. The van der Waals surface area contributed by atoms with Gasteiger partial charge in [-0.1, -0.05) is 67.5 Å². The highest BCUT2D eigenvalue weighted by atomic mass is 16.6. The third kappa shape index (κ3) is 6.98. The minimum absolute atomic E-state index is 0.0305. The van der Waals surface area contributed by atoms with Gasteiger partial charge in [-0.25, -0.2) is 4.79 Å². The van der Waals surface area contributed by atoms with Gasteiger partial charge in [-0.15, -0.1) is 0 Å². The summed E-state index contributed by atoms with van der Waals surface area (Å²) in [5.74, 6) is -0.185. The molecule has 7 nitrogen and oxygen atoms in total. The Morgan fingerprint density at radius 1 is 1.05 bits per heavy atom. The Labute approximate surface area is 231 Å². The SMILES string of the molecule is CCOC(Cc1ccc(OCCN2CCC(C)(C)c3cc(C(=NOC)c4ccccc4)ccc32)cc1)C(=O)O. The van der Waals surface area contributed by atoms with Crippen LogP contribution < -0.4 is 9.64 Å². The average molecular weight is 531 g/mol. The molecule has 1 aliphatic rings. The summed E-state index contributed by atoms with van der Waals surface area (Å²) in [6, 6.07) is 24.2. The van der Waals surface area contributed by atoms with Gasteiger partial charge >= 0.3 is 5.97 Å². The van der Waals surface area contributed by atoms with Crippen molar-refractivity contribution in [2.24, 2.45) is 5.16 Å². The number of hydrogen-bond acceptors (Lipinski definition) is 6. The minimum Gasteiger partial charge on any atom is -0.492 e. The second kappa shape index (κ2) is 12.8. The molecular formula is C32H38N2O5. The van der Waals surface area contributed by atoms with Crippen LogP contribution >= 0.6 is 0 Å². The molecule has 0 aliphatic carbocycles. The molecule has 7 heteroatoms. The molecule has 206 valence electrons. The third-order valence-electron chi connectivity index (χ3n) is 7.19. The van der Waals surface area contributed by atoms with Gasteiger partial charge in [0.15, 0.2) is 6.10 Å². The standard InChI is InChI=1S/C32H38N2O5/c1-5-38-29(31(35)36)21-23-11-14-26(15-12-23)39-20-19-34-18-17-32(2,3)27-22-25(13-16-28(27)34)30(33-37-4)24-9-7-6-8-10-24/h6-16,22,29H,5,17-21H2,1-4H3,(H,35,36). The topological polar surface area (TPSA) is 80.6 Å². The Kier molecular flexibility index (Phi) is 9.25. The van der Waals surface area contributed by atoms with Crippen molar-refractivity contribution in [2.45, 2.75) is 45.1 Å². The summed E-state index contributed by atoms with van der Waals surface area (Å²) in [6.45, 7) is 9.00. The van der Waals surface area contributed by atoms with Crippen molar-refractivity contribution in [1.82, 2.24) is 0 Å². The molecule has 39 heavy (non-hydrogen) atoms. The number of carboxylic acid groups (broad SMARTS) is 1. The normalized spacial score (nSPS) is 15.4. The predicted octanol–water partition coefficient (Wildman–Crippen LogP) is 5.68. The lowest BCUT2D eigenvalue weighted by Crippen LogP contribution is -2.39. The van der Waals surface area contributed by atoms with E-state index in [4.69, 9.17) is 14.3 Å². The van der Waals surface area contributed by atoms with Crippen molar-refractivity contribution in [3.63, 3.8) is 0 Å². The highest BCUT2D eigenvalue weighted by molar-refractivity contribution is 6.13. The maximum absolute atomic E-state index is 11.4. The number of oxime groups is 1. The number of aliphatic carboxylic acids is 1. The summed E-state index contributed by atoms with van der Waals surface area (Å²) >= 11 is 0. The van der Waals surface area contributed by atoms with E-state index in [0.717, 1.165) is 47.7 Å². The number of anilines is 1. The van der Waals surface area contributed by atoms with Gasteiger partial charge in [0, 0.05) is 36.4 Å². The molecule has 0 saturated carbocycles. The second-order valence-corrected chi connectivity index (χ2v) is 10.3. The summed E-state index contributed by atoms with van der Waals surface area (Å²) in [5, 5.41) is 13.7. The van der Waals surface area contributed by atoms with E-state index >= 15 is 0 Å². The van der Waals surface area contributed by atoms with Crippen molar-refractivity contribution in [2.75, 3.05) is 38.3 Å². The Morgan fingerprint density at radius 2 is 1.79 bits per heavy atom. The molecule has 4 rings (SSSR count). The molecule has 0 aromatic heterocycles. The van der Waals surface area contributed by atoms with Crippen LogP contribution in [0.2, 0.25) is 0 Å². The zero-order chi connectivity index (χ0) is 27.8. The van der Waals surface area contributed by atoms with Crippen LogP contribution in [0.25, 0.3) is 0 Å². The van der Waals surface area contributed by atoms with E-state index in [1.165, 1.54) is 11.3 Å². The lowest BCUT2D eigenvalue weighted by molar-refractivity contribution is -0.149. The first-order valence-electron chi connectivity index (χ1n) is 13.4. The van der Waals surface area contributed by atoms with E-state index in [0.29, 0.717) is 19.6 Å².